The fraction of sp³-hybridized carbons (Fsp3) is 0.327. The number of fused-ring (bicyclic) bond motifs is 1. The van der Waals surface area contributed by atoms with Gasteiger partial charge in [-0.15, -0.1) is 5.10 Å². The van der Waals surface area contributed by atoms with Crippen LogP contribution in [0.15, 0.2) is 140 Å². The first-order valence-corrected chi connectivity index (χ1v) is 22.4. The molecule has 0 radical (unpaired) electrons. The molecule has 0 saturated carbocycles. The molecule has 6 N–H and O–H groups in total. The third kappa shape index (κ3) is 41.6. The summed E-state index contributed by atoms with van der Waals surface area (Å²) in [6.07, 6.45) is -1.27. The van der Waals surface area contributed by atoms with E-state index in [1.165, 1.54) is 61.4 Å². The smallest absolute Gasteiger partial charge is 0.481 e. The second kappa shape index (κ2) is 53.8. The Morgan fingerprint density at radius 3 is 1.30 bits per heavy atom. The van der Waals surface area contributed by atoms with Gasteiger partial charge in [-0.3, -0.25) is 20.2 Å². The lowest BCUT2D eigenvalue weighted by Gasteiger charge is -2.18. The van der Waals surface area contributed by atoms with Gasteiger partial charge in [-0.05, 0) is 74.5 Å². The minimum atomic E-state index is -0.862. The van der Waals surface area contributed by atoms with E-state index < -0.39 is 31.1 Å². The van der Waals surface area contributed by atoms with Crippen LogP contribution in [0.2, 0.25) is 0 Å². The van der Waals surface area contributed by atoms with Crippen molar-refractivity contribution in [1.29, 1.82) is 0 Å². The monoisotopic (exact) mass is 1020 g/mol. The van der Waals surface area contributed by atoms with Crippen molar-refractivity contribution in [3.8, 4) is 5.75 Å². The van der Waals surface area contributed by atoms with E-state index in [1.54, 1.807) is 47.7 Å². The number of carbonyl (C=O) groups is 3. The van der Waals surface area contributed by atoms with E-state index in [1.807, 2.05) is 47.1 Å². The van der Waals surface area contributed by atoms with E-state index in [0.29, 0.717) is 17.8 Å². The molecule has 0 aliphatic heterocycles. The van der Waals surface area contributed by atoms with Gasteiger partial charge in [0.2, 0.25) is 0 Å². The van der Waals surface area contributed by atoms with Crippen LogP contribution < -0.4 is 36.6 Å². The molecule has 0 fully saturated rings. The highest BCUT2D eigenvalue weighted by Crippen LogP contribution is 2.32. The molecule has 0 aliphatic carbocycles. The highest BCUT2D eigenvalue weighted by molar-refractivity contribution is 7.79. The maximum Gasteiger partial charge on any atom is 0.513 e. The van der Waals surface area contributed by atoms with Gasteiger partial charge in [0.05, 0.1) is 25.9 Å². The average Bonchev–Trinajstić information content (AvgIpc) is 3.77. The number of ether oxygens (including phenoxy) is 6. The summed E-state index contributed by atoms with van der Waals surface area (Å²) in [7, 11) is 18.3. The SMILES string of the molecule is CC.CC(=O)O.CNC.CNC(=O)OC.CNCOC.CO.COC.COC.COC(=O)Oc1ccc([N+](=O)[O-])cc1.On1nnc2ccccc21.c1ccc(P(c2ccccc2)c2ccccc2)cc1. The number of hydrogen-bond acceptors (Lipinski definition) is 17. The van der Waals surface area contributed by atoms with Crippen LogP contribution in [0.3, 0.4) is 0 Å². The molecule has 1 amide bonds. The van der Waals surface area contributed by atoms with Crippen molar-refractivity contribution in [3.63, 3.8) is 0 Å². The normalized spacial score (nSPS) is 8.58. The Kier molecular flexibility index (Phi) is 55.3. The Morgan fingerprint density at radius 2 is 1.03 bits per heavy atom. The van der Waals surface area contributed by atoms with E-state index in [9.17, 15) is 19.7 Å². The van der Waals surface area contributed by atoms with Crippen LogP contribution in [0, 0.1) is 10.1 Å². The van der Waals surface area contributed by atoms with Crippen LogP contribution in [0.25, 0.3) is 11.0 Å². The highest BCUT2D eigenvalue weighted by atomic mass is 31.1. The number of non-ortho nitro benzene ring substituents is 1. The van der Waals surface area contributed by atoms with Gasteiger partial charge in [0, 0.05) is 68.8 Å². The van der Waals surface area contributed by atoms with Gasteiger partial charge in [-0.1, -0.05) is 122 Å². The molecule has 0 aliphatic rings. The van der Waals surface area contributed by atoms with E-state index in [0.717, 1.165) is 18.9 Å². The number of carboxylic acid groups (broad SMARTS) is 1. The first kappa shape index (κ1) is 72.9. The number of nitrogens with zero attached hydrogens (tertiary/aromatic N) is 4. The zero-order valence-corrected chi connectivity index (χ0v) is 44.4. The number of nitro benzene ring substituents is 1. The number of carboxylic acids is 1. The molecule has 1 aromatic heterocycles. The van der Waals surface area contributed by atoms with Crippen molar-refractivity contribution in [2.75, 3.05) is 91.8 Å². The van der Waals surface area contributed by atoms with Crippen LogP contribution in [0.5, 0.6) is 5.75 Å². The topological polar surface area (TPSA) is 277 Å². The summed E-state index contributed by atoms with van der Waals surface area (Å²) in [4.78, 5) is 40.0. The Balaban J connectivity index is -0.000000248. The molecule has 0 spiro atoms. The number of methoxy groups -OCH3 is 5. The number of aromatic nitrogens is 3. The van der Waals surface area contributed by atoms with Gasteiger partial charge in [-0.25, -0.2) is 9.59 Å². The molecule has 0 bridgehead atoms. The van der Waals surface area contributed by atoms with Crippen molar-refractivity contribution >= 4 is 58.8 Å². The summed E-state index contributed by atoms with van der Waals surface area (Å²) in [6.45, 7) is 5.72. The highest BCUT2D eigenvalue weighted by Gasteiger charge is 2.15. The maximum atomic E-state index is 10.6. The molecule has 6 rings (SSSR count). The molecular formula is C49H76N7O14P. The Labute approximate surface area is 419 Å². The Hall–Kier alpha value is -7.10. The Morgan fingerprint density at radius 1 is 0.662 bits per heavy atom. The van der Waals surface area contributed by atoms with Crippen molar-refractivity contribution < 1.29 is 63.1 Å². The van der Waals surface area contributed by atoms with Gasteiger partial charge in [-0.2, -0.15) is 0 Å². The molecule has 21 nitrogen and oxygen atoms in total. The minimum Gasteiger partial charge on any atom is -0.481 e. The van der Waals surface area contributed by atoms with Crippen LogP contribution in [-0.2, 0) is 28.5 Å². The molecule has 0 unspecified atom stereocenters. The van der Waals surface area contributed by atoms with Gasteiger partial charge >= 0.3 is 12.2 Å². The van der Waals surface area contributed by atoms with E-state index in [-0.39, 0.29) is 11.4 Å². The average molecular weight is 1020 g/mol. The van der Waals surface area contributed by atoms with Crippen LogP contribution >= 0.6 is 7.92 Å². The second-order valence-corrected chi connectivity index (χ2v) is 14.2. The van der Waals surface area contributed by atoms with E-state index in [2.05, 4.69) is 146 Å². The lowest BCUT2D eigenvalue weighted by atomic mass is 10.3. The number of benzene rings is 5. The summed E-state index contributed by atoms with van der Waals surface area (Å²) >= 11 is 0. The number of carbonyl (C=O) groups excluding carboxylic acids is 2. The summed E-state index contributed by atoms with van der Waals surface area (Å²) in [5, 5.41) is 52.7. The fourth-order valence-corrected chi connectivity index (χ4v) is 6.36. The molecule has 6 aromatic rings. The van der Waals surface area contributed by atoms with Gasteiger partial charge in [0.15, 0.2) is 0 Å². The molecule has 5 aromatic carbocycles. The third-order valence-corrected chi connectivity index (χ3v) is 8.91. The summed E-state index contributed by atoms with van der Waals surface area (Å²) < 4.78 is 26.1. The fourth-order valence-electron chi connectivity index (χ4n) is 4.06. The molecule has 0 atom stereocenters. The minimum absolute atomic E-state index is 0.0674. The van der Waals surface area contributed by atoms with Crippen LogP contribution in [0.1, 0.15) is 20.8 Å². The van der Waals surface area contributed by atoms with E-state index >= 15 is 0 Å². The zero-order valence-electron chi connectivity index (χ0n) is 43.6. The van der Waals surface area contributed by atoms with Crippen molar-refractivity contribution in [1.82, 2.24) is 31.1 Å². The number of alkyl carbamates (subject to hydrolysis) is 1. The van der Waals surface area contributed by atoms with Gasteiger partial charge in [0.1, 0.15) is 16.8 Å². The summed E-state index contributed by atoms with van der Waals surface area (Å²) in [5.74, 6) is -0.637. The lowest BCUT2D eigenvalue weighted by Crippen LogP contribution is -2.20. The van der Waals surface area contributed by atoms with Crippen LogP contribution in [0.4, 0.5) is 15.3 Å². The number of hydrogen-bond donors (Lipinski definition) is 6. The number of aliphatic carboxylic acids is 1. The number of aliphatic hydroxyl groups is 1. The van der Waals surface area contributed by atoms with Crippen molar-refractivity contribution in [2.45, 2.75) is 20.8 Å². The van der Waals surface area contributed by atoms with Gasteiger partial charge in [0.25, 0.3) is 11.7 Å². The van der Waals surface area contributed by atoms with E-state index in [4.69, 9.17) is 20.2 Å². The molecule has 0 saturated heterocycles. The standard InChI is InChI=1S/C18H15P.C8H7NO5.C6H5N3O.C3H7NO2.C3H9NO.C2H7N.C2H4O2.2C2H6O.C2H6.CH4O/c1-4-10-16(11-5-1)19(17-12-6-2-7-13-17)18-14-8-3-9-15-18;1-13-8(10)14-7-4-2-6(3-5-7)9(11)12;10-9-6-4-2-1-3-5(6)7-8-9;1-4-3(5)6-2;1-4-3-5-2;1-3-2;1-2(3)4;2*1-3-2;2*1-2/h1-15H;2-5H,1H3;1-4,10H;1-2H3,(H,4,5);4H,3H2,1-2H3;3H,1-2H3;1H3,(H,3,4);2*1-2H3;1-2H3;2H,1H3. The maximum absolute atomic E-state index is 10.6. The first-order chi connectivity index (χ1) is 34.2. The molecule has 71 heavy (non-hydrogen) atoms. The quantitative estimate of drug-likeness (QED) is 0.0184. The molecular weight excluding hydrogens is 942 g/mol. The van der Waals surface area contributed by atoms with Crippen molar-refractivity contribution in [3.05, 3.63) is 150 Å². The lowest BCUT2D eigenvalue weighted by molar-refractivity contribution is -0.384. The molecule has 22 heteroatoms. The summed E-state index contributed by atoms with van der Waals surface area (Å²) in [5.41, 5.74) is 1.26. The third-order valence-electron chi connectivity index (χ3n) is 6.47. The predicted molar refractivity (Wildman–Crippen MR) is 282 cm³/mol. The second-order valence-electron chi connectivity index (χ2n) is 12.0. The number of nitro groups is 1. The molecule has 396 valence electrons. The predicted octanol–water partition coefficient (Wildman–Crippen LogP) is 6.72. The van der Waals surface area contributed by atoms with Gasteiger partial charge < -0.3 is 54.5 Å². The summed E-state index contributed by atoms with van der Waals surface area (Å²) in [6, 6.07) is 44.6. The number of amides is 1. The van der Waals surface area contributed by atoms with Crippen molar-refractivity contribution in [2.24, 2.45) is 0 Å². The molecule has 1 heterocycles. The zero-order chi connectivity index (χ0) is 55.3. The Bertz CT molecular complexity index is 2000. The first-order valence-electron chi connectivity index (χ1n) is 21.0. The largest absolute Gasteiger partial charge is 0.513 e. The van der Waals surface area contributed by atoms with Crippen LogP contribution in [-0.4, -0.2) is 146 Å². The number of nitrogens with one attached hydrogen (secondary N) is 3. The number of aliphatic hydroxyl groups excluding tert-OH is 1. The number of para-hydroxylation sites is 1. The number of rotatable bonds is 7.